The second-order valence-electron chi connectivity index (χ2n) is 20.8. The van der Waals surface area contributed by atoms with E-state index in [1.165, 1.54) is 78.9 Å². The SMILES string of the molecule is CCN(C(C)=O)[C@H]1CO[C@@H](O[C@H]2[C@H](O[C@H]3C#C/C=C\C#C[C@]4(O)CC(=O)C(NC(=O)OC)=C3/C4=C/CSSSC)O[C@H](C)C(NO[C@H]3C[C@H](O)[C@H](SC(=O)c4c(C)c(I)c(O[C@@H]5O[C@@H](C)[C@H](O)[C@@H](OC)[C@H]5O)c(OC)c4OC)[C@@H](C)O3)[C@@H]2O)C[C@@H]1OC. The summed E-state index contributed by atoms with van der Waals surface area (Å²) >= 11 is 2.80. The molecular formula is C57H76IN3O22S4. The van der Waals surface area contributed by atoms with Crippen molar-refractivity contribution in [2.24, 2.45) is 0 Å². The van der Waals surface area contributed by atoms with E-state index in [9.17, 15) is 44.7 Å². The molecule has 1 aromatic carbocycles. The number of allylic oxidation sites excluding steroid dienone is 3. The van der Waals surface area contributed by atoms with Crippen LogP contribution < -0.4 is 25.0 Å². The Labute approximate surface area is 534 Å². The number of ether oxygens (including phenoxy) is 12. The largest absolute Gasteiger partial charge is 0.492 e. The van der Waals surface area contributed by atoms with Crippen LogP contribution in [0.1, 0.15) is 69.8 Å². The number of thioether (sulfide) groups is 1. The molecule has 25 nitrogen and oxygen atoms in total. The minimum Gasteiger partial charge on any atom is -0.492 e. The second-order valence-corrected chi connectivity index (χ2v) is 27.4. The van der Waals surface area contributed by atoms with Gasteiger partial charge in [-0.15, -0.1) is 0 Å². The van der Waals surface area contributed by atoms with Crippen molar-refractivity contribution in [1.82, 2.24) is 15.7 Å². The van der Waals surface area contributed by atoms with Gasteiger partial charge in [-0.1, -0.05) is 63.1 Å². The maximum absolute atomic E-state index is 14.5. The molecule has 482 valence electrons. The van der Waals surface area contributed by atoms with E-state index in [-0.39, 0.29) is 65.0 Å². The van der Waals surface area contributed by atoms with Gasteiger partial charge >= 0.3 is 6.09 Å². The average Bonchev–Trinajstić information content (AvgIpc) is 1.63. The highest BCUT2D eigenvalue weighted by atomic mass is 127. The number of carbonyl (C=O) groups excluding carboxylic acids is 4. The zero-order valence-electron chi connectivity index (χ0n) is 50.0. The molecule has 4 heterocycles. The molecule has 30 heteroatoms. The topological polar surface area (TPSA) is 317 Å². The Kier molecular flexibility index (Phi) is 26.3. The van der Waals surface area contributed by atoms with Gasteiger partial charge in [-0.05, 0) is 91.0 Å². The normalized spacial score (nSPS) is 35.0. The molecule has 0 spiro atoms. The van der Waals surface area contributed by atoms with Gasteiger partial charge in [0.1, 0.15) is 36.6 Å². The van der Waals surface area contributed by atoms with Crippen LogP contribution in [0, 0.1) is 34.2 Å². The number of alkyl carbamates (subject to hydrolysis) is 1. The van der Waals surface area contributed by atoms with Gasteiger partial charge in [0.15, 0.2) is 41.8 Å². The zero-order chi connectivity index (χ0) is 63.6. The first-order chi connectivity index (χ1) is 41.5. The Morgan fingerprint density at radius 1 is 0.885 bits per heavy atom. The fourth-order valence-corrected chi connectivity index (χ4v) is 15.2. The predicted octanol–water partition coefficient (Wildman–Crippen LogP) is 3.46. The van der Waals surface area contributed by atoms with E-state index in [2.05, 4.69) is 34.5 Å². The molecule has 2 aliphatic carbocycles. The highest BCUT2D eigenvalue weighted by Gasteiger charge is 2.52. The summed E-state index contributed by atoms with van der Waals surface area (Å²) in [5.41, 5.74) is 1.15. The molecule has 4 saturated heterocycles. The number of likely N-dealkylation sites (N-methyl/N-ethyl adjacent to an activating group) is 1. The number of halogens is 1. The van der Waals surface area contributed by atoms with Crippen LogP contribution in [0.15, 0.2) is 35.1 Å². The van der Waals surface area contributed by atoms with Crippen molar-refractivity contribution in [2.45, 2.75) is 176 Å². The summed E-state index contributed by atoms with van der Waals surface area (Å²) in [6.07, 6.45) is -12.9. The molecule has 87 heavy (non-hydrogen) atoms. The minimum atomic E-state index is -2.08. The number of Topliss-reactive ketones (excluding diaryl/α,β-unsaturated/α-hetero) is 1. The van der Waals surface area contributed by atoms with Gasteiger partial charge in [-0.3, -0.25) is 24.5 Å². The number of benzene rings is 1. The molecule has 19 atom stereocenters. The Hall–Kier alpha value is -3.43. The number of hydroxylamine groups is 1. The van der Waals surface area contributed by atoms with E-state index in [0.717, 1.165) is 18.9 Å². The molecule has 4 aliphatic heterocycles. The molecule has 6 aliphatic rings. The number of aliphatic hydroxyl groups excluding tert-OH is 4. The lowest BCUT2D eigenvalue weighted by atomic mass is 9.75. The van der Waals surface area contributed by atoms with Crippen LogP contribution in [0.2, 0.25) is 0 Å². The summed E-state index contributed by atoms with van der Waals surface area (Å²) in [5, 5.41) is 59.4. The van der Waals surface area contributed by atoms with Crippen molar-refractivity contribution in [3.05, 3.63) is 49.8 Å². The van der Waals surface area contributed by atoms with E-state index in [4.69, 9.17) is 61.7 Å². The number of nitrogens with zero attached hydrogens (tertiary/aromatic N) is 1. The van der Waals surface area contributed by atoms with Crippen LogP contribution in [-0.2, 0) is 57.1 Å². The third-order valence-electron chi connectivity index (χ3n) is 15.4. The Bertz CT molecular complexity index is 2860. The standard InChI is InChI=1S/C57H76IN3O22S4/c1-13-61(30(6)62)32-25-76-37(23-36(32)71-7)81-50-45(66)42(27(3)78-55(50)80-35-18-16-14-15-17-20-57(70)24-34(64)43(59-56(69)75-11)40(35)31(57)19-21-85-87-84-12)60-83-38-22-33(63)52(29(5)77-38)86-53(68)39-26(2)41(58)48(51(74-10)47(39)72-8)82-54-46(67)49(73-9)44(65)28(4)79-54/h14-15,19,27-29,32-33,35-38,42,44-46,49-50,52,54-55,60,63,65-67,70H,13,21-25H2,1-12H3,(H,59,69)/b15-14-,31-19-/t27-,28+,29-,32+,33+,35+,36+,37+,38+,42?,44+,45+,46-,49-,50-,52-,54+,55+,57+/m1/s1. The van der Waals surface area contributed by atoms with E-state index < -0.39 is 139 Å². The number of nitrogens with one attached hydrogen (secondary N) is 2. The van der Waals surface area contributed by atoms with Crippen molar-refractivity contribution in [3.8, 4) is 40.9 Å². The molecule has 2 bridgehead atoms. The van der Waals surface area contributed by atoms with Crippen LogP contribution in [0.4, 0.5) is 4.79 Å². The number of fused-ring (bicyclic) bond motifs is 2. The predicted molar refractivity (Wildman–Crippen MR) is 329 cm³/mol. The van der Waals surface area contributed by atoms with Gasteiger partial charge < -0.3 is 87.3 Å². The number of hydrogen-bond donors (Lipinski definition) is 7. The maximum atomic E-state index is 14.5. The van der Waals surface area contributed by atoms with E-state index in [1.807, 2.05) is 35.8 Å². The lowest BCUT2D eigenvalue weighted by molar-refractivity contribution is -0.337. The molecular weight excluding hydrogens is 1330 g/mol. The number of rotatable bonds is 22. The Morgan fingerprint density at radius 2 is 1.60 bits per heavy atom. The molecule has 0 radical (unpaired) electrons. The average molecular weight is 1410 g/mol. The van der Waals surface area contributed by atoms with Gasteiger partial charge in [0, 0.05) is 57.4 Å². The molecule has 7 rings (SSSR count). The monoisotopic (exact) mass is 1410 g/mol. The number of carbonyl (C=O) groups is 4. The molecule has 7 N–H and O–H groups in total. The first kappa shape index (κ1) is 71.0. The van der Waals surface area contributed by atoms with Gasteiger partial charge in [0.2, 0.25) is 23.1 Å². The Balaban J connectivity index is 1.14. The maximum Gasteiger partial charge on any atom is 0.411 e. The summed E-state index contributed by atoms with van der Waals surface area (Å²) in [7, 11) is 11.1. The molecule has 0 saturated carbocycles. The number of aliphatic hydroxyl groups is 5. The zero-order valence-corrected chi connectivity index (χ0v) is 55.4. The molecule has 1 aromatic rings. The first-order valence-electron chi connectivity index (χ1n) is 27.7. The van der Waals surface area contributed by atoms with Crippen LogP contribution in [0.5, 0.6) is 17.2 Å². The number of amides is 2. The number of hydrogen-bond acceptors (Lipinski definition) is 27. The molecule has 1 unspecified atom stereocenters. The quantitative estimate of drug-likeness (QED) is 0.0287. The summed E-state index contributed by atoms with van der Waals surface area (Å²) in [5.74, 6) is 11.0. The number of methoxy groups -OCH3 is 5. The van der Waals surface area contributed by atoms with Crippen molar-refractivity contribution < 1.29 is 106 Å². The van der Waals surface area contributed by atoms with Crippen LogP contribution in [0.3, 0.4) is 0 Å². The summed E-state index contributed by atoms with van der Waals surface area (Å²) < 4.78 is 72.7. The van der Waals surface area contributed by atoms with Gasteiger partial charge in [0.05, 0.1) is 97.0 Å². The van der Waals surface area contributed by atoms with Crippen molar-refractivity contribution >= 4 is 88.7 Å². The highest BCUT2D eigenvalue weighted by Crippen LogP contribution is 2.49. The lowest BCUT2D eigenvalue weighted by Crippen LogP contribution is -2.65. The third kappa shape index (κ3) is 16.3. The van der Waals surface area contributed by atoms with Gasteiger partial charge in [0.25, 0.3) is 0 Å². The van der Waals surface area contributed by atoms with Crippen LogP contribution in [0.25, 0.3) is 0 Å². The first-order valence-corrected chi connectivity index (χ1v) is 33.8. The lowest BCUT2D eigenvalue weighted by Gasteiger charge is -2.47. The fourth-order valence-electron chi connectivity index (χ4n) is 11.0. The van der Waals surface area contributed by atoms with Crippen molar-refractivity contribution in [3.63, 3.8) is 0 Å². The number of ketones is 1. The molecule has 2 amide bonds. The Morgan fingerprint density at radius 3 is 2.24 bits per heavy atom. The second kappa shape index (κ2) is 32.2. The molecule has 0 aromatic heterocycles. The summed E-state index contributed by atoms with van der Waals surface area (Å²) in [4.78, 5) is 62.0. The van der Waals surface area contributed by atoms with Gasteiger partial charge in [-0.25, -0.2) is 4.79 Å². The molecule has 4 fully saturated rings. The minimum absolute atomic E-state index is 0.0116. The fraction of sp³-hybridized carbons (Fsp3) is 0.649. The smallest absolute Gasteiger partial charge is 0.411 e. The third-order valence-corrected chi connectivity index (χ3v) is 21.8. The van der Waals surface area contributed by atoms with Gasteiger partial charge in [-0.2, -0.15) is 5.48 Å². The van der Waals surface area contributed by atoms with E-state index in [1.54, 1.807) is 38.7 Å². The highest BCUT2D eigenvalue weighted by molar-refractivity contribution is 14.1. The summed E-state index contributed by atoms with van der Waals surface area (Å²) in [6.45, 7) is 10.2. The van der Waals surface area contributed by atoms with Crippen molar-refractivity contribution in [2.75, 3.05) is 60.7 Å². The van der Waals surface area contributed by atoms with E-state index in [0.29, 0.717) is 21.4 Å². The van der Waals surface area contributed by atoms with E-state index >= 15 is 0 Å². The van der Waals surface area contributed by atoms with Crippen LogP contribution >= 0.6 is 65.8 Å². The van der Waals surface area contributed by atoms with Crippen molar-refractivity contribution in [1.29, 1.82) is 0 Å². The summed E-state index contributed by atoms with van der Waals surface area (Å²) in [6, 6.07) is -1.62. The van der Waals surface area contributed by atoms with Crippen LogP contribution in [-0.4, -0.2) is 229 Å².